The molecule has 2 heterocycles. The zero-order valence-electron chi connectivity index (χ0n) is 12.3. The topological polar surface area (TPSA) is 45.2 Å². The Bertz CT molecular complexity index is 642. The van der Waals surface area contributed by atoms with Gasteiger partial charge < -0.3 is 10.2 Å². The molecule has 1 amide bonds. The molecule has 0 saturated carbocycles. The predicted molar refractivity (Wildman–Crippen MR) is 86.1 cm³/mol. The van der Waals surface area contributed by atoms with Crippen molar-refractivity contribution >= 4 is 23.1 Å². The fourth-order valence-corrected chi connectivity index (χ4v) is 3.84. The number of rotatable bonds is 4. The lowest BCUT2D eigenvalue weighted by Gasteiger charge is -2.15. The van der Waals surface area contributed by atoms with Crippen molar-refractivity contribution in [2.45, 2.75) is 25.8 Å². The van der Waals surface area contributed by atoms with Gasteiger partial charge in [-0.25, -0.2) is 4.98 Å². The van der Waals surface area contributed by atoms with E-state index in [-0.39, 0.29) is 5.91 Å². The van der Waals surface area contributed by atoms with Crippen LogP contribution in [-0.2, 0) is 19.4 Å². The Kier molecular flexibility index (Phi) is 3.92. The van der Waals surface area contributed by atoms with Gasteiger partial charge in [0.25, 0.3) is 5.91 Å². The van der Waals surface area contributed by atoms with Gasteiger partial charge in [0.05, 0.1) is 4.88 Å². The molecule has 0 aliphatic heterocycles. The largest absolute Gasteiger partial charge is 0.362 e. The summed E-state index contributed by atoms with van der Waals surface area (Å²) in [5.74, 6) is 0.912. The highest BCUT2D eigenvalue weighted by Crippen LogP contribution is 2.30. The van der Waals surface area contributed by atoms with E-state index in [9.17, 15) is 4.79 Å². The van der Waals surface area contributed by atoms with Crippen LogP contribution in [0.25, 0.3) is 0 Å². The Labute approximate surface area is 128 Å². The minimum Gasteiger partial charge on any atom is -0.362 e. The van der Waals surface area contributed by atoms with E-state index in [1.807, 2.05) is 31.1 Å². The molecular formula is C16H19N3OS. The molecule has 3 rings (SSSR count). The van der Waals surface area contributed by atoms with Crippen LogP contribution in [-0.4, -0.2) is 25.0 Å². The smallest absolute Gasteiger partial charge is 0.261 e. The number of carbonyl (C=O) groups is 1. The maximum Gasteiger partial charge on any atom is 0.261 e. The van der Waals surface area contributed by atoms with Crippen molar-refractivity contribution in [3.63, 3.8) is 0 Å². The number of carbonyl (C=O) groups excluding carboxylic acids is 1. The van der Waals surface area contributed by atoms with Crippen LogP contribution in [0, 0.1) is 0 Å². The van der Waals surface area contributed by atoms with E-state index in [1.165, 1.54) is 16.9 Å². The summed E-state index contributed by atoms with van der Waals surface area (Å²) < 4.78 is 0. The van der Waals surface area contributed by atoms with Crippen LogP contribution in [0.15, 0.2) is 24.4 Å². The van der Waals surface area contributed by atoms with Crippen LogP contribution in [0.2, 0.25) is 0 Å². The molecule has 110 valence electrons. The predicted octanol–water partition coefficient (Wildman–Crippen LogP) is 2.63. The first-order chi connectivity index (χ1) is 10.1. The molecule has 1 N–H and O–H groups in total. The average Bonchev–Trinajstić information content (AvgIpc) is 3.06. The van der Waals surface area contributed by atoms with Crippen molar-refractivity contribution in [3.05, 3.63) is 45.3 Å². The molecule has 0 saturated heterocycles. The lowest BCUT2D eigenvalue weighted by Crippen LogP contribution is -2.24. The quantitative estimate of drug-likeness (QED) is 0.944. The molecule has 1 aliphatic rings. The summed E-state index contributed by atoms with van der Waals surface area (Å²) in [5.41, 5.74) is 2.39. The SMILES string of the molecule is CN(C)c1ncccc1CNC(=O)c1cc2c(s1)CCC2. The van der Waals surface area contributed by atoms with E-state index >= 15 is 0 Å². The van der Waals surface area contributed by atoms with Gasteiger partial charge in [0, 0.05) is 37.3 Å². The van der Waals surface area contributed by atoms with Crippen LogP contribution in [0.5, 0.6) is 0 Å². The monoisotopic (exact) mass is 301 g/mol. The van der Waals surface area contributed by atoms with E-state index in [0.29, 0.717) is 6.54 Å². The van der Waals surface area contributed by atoms with Crippen molar-refractivity contribution in [1.29, 1.82) is 0 Å². The zero-order valence-corrected chi connectivity index (χ0v) is 13.2. The number of thiophene rings is 1. The number of hydrogen-bond donors (Lipinski definition) is 1. The molecule has 0 bridgehead atoms. The van der Waals surface area contributed by atoms with E-state index in [1.54, 1.807) is 17.5 Å². The first-order valence-electron chi connectivity index (χ1n) is 7.16. The molecule has 0 radical (unpaired) electrons. The van der Waals surface area contributed by atoms with Crippen LogP contribution >= 0.6 is 11.3 Å². The van der Waals surface area contributed by atoms with Gasteiger partial charge in [-0.15, -0.1) is 11.3 Å². The molecule has 0 aromatic carbocycles. The van der Waals surface area contributed by atoms with Crippen LogP contribution in [0.3, 0.4) is 0 Å². The summed E-state index contributed by atoms with van der Waals surface area (Å²) in [6.07, 6.45) is 5.24. The summed E-state index contributed by atoms with van der Waals surface area (Å²) in [6.45, 7) is 0.503. The summed E-state index contributed by atoms with van der Waals surface area (Å²) in [5, 5.41) is 3.00. The fraction of sp³-hybridized carbons (Fsp3) is 0.375. The Balaban J connectivity index is 1.68. The minimum absolute atomic E-state index is 0.0166. The zero-order chi connectivity index (χ0) is 14.8. The van der Waals surface area contributed by atoms with Crippen molar-refractivity contribution < 1.29 is 4.79 Å². The third-order valence-corrected chi connectivity index (χ3v) is 4.94. The van der Waals surface area contributed by atoms with Crippen molar-refractivity contribution in [1.82, 2.24) is 10.3 Å². The van der Waals surface area contributed by atoms with Crippen LogP contribution in [0.1, 0.15) is 32.1 Å². The Morgan fingerprint density at radius 3 is 3.05 bits per heavy atom. The van der Waals surface area contributed by atoms with E-state index < -0.39 is 0 Å². The number of aromatic nitrogens is 1. The van der Waals surface area contributed by atoms with Crippen molar-refractivity contribution in [3.8, 4) is 0 Å². The molecule has 0 unspecified atom stereocenters. The highest BCUT2D eigenvalue weighted by Gasteiger charge is 2.18. The second kappa shape index (κ2) is 5.85. The Morgan fingerprint density at radius 1 is 1.43 bits per heavy atom. The molecule has 1 aliphatic carbocycles. The summed E-state index contributed by atoms with van der Waals surface area (Å²) in [7, 11) is 3.91. The molecular weight excluding hydrogens is 282 g/mol. The number of aryl methyl sites for hydroxylation is 2. The Morgan fingerprint density at radius 2 is 2.29 bits per heavy atom. The normalized spacial score (nSPS) is 13.0. The molecule has 4 nitrogen and oxygen atoms in total. The second-order valence-electron chi connectivity index (χ2n) is 5.48. The first kappa shape index (κ1) is 14.1. The number of amides is 1. The first-order valence-corrected chi connectivity index (χ1v) is 7.98. The van der Waals surface area contributed by atoms with E-state index in [0.717, 1.165) is 29.1 Å². The van der Waals surface area contributed by atoms with Gasteiger partial charge in [-0.05, 0) is 37.0 Å². The number of nitrogens with zero attached hydrogens (tertiary/aromatic N) is 2. The van der Waals surface area contributed by atoms with Crippen LogP contribution in [0.4, 0.5) is 5.82 Å². The van der Waals surface area contributed by atoms with Crippen LogP contribution < -0.4 is 10.2 Å². The second-order valence-corrected chi connectivity index (χ2v) is 6.61. The van der Waals surface area contributed by atoms with E-state index in [2.05, 4.69) is 16.4 Å². The standard InChI is InChI=1S/C16H19N3OS/c1-19(2)15-12(6-4-8-17-15)10-18-16(20)14-9-11-5-3-7-13(11)21-14/h4,6,8-9H,3,5,7,10H2,1-2H3,(H,18,20). The van der Waals surface area contributed by atoms with Gasteiger partial charge in [-0.2, -0.15) is 0 Å². The molecule has 0 fully saturated rings. The molecule has 0 atom stereocenters. The van der Waals surface area contributed by atoms with Gasteiger partial charge in [0.2, 0.25) is 0 Å². The molecule has 5 heteroatoms. The number of hydrogen-bond acceptors (Lipinski definition) is 4. The molecule has 21 heavy (non-hydrogen) atoms. The fourth-order valence-electron chi connectivity index (χ4n) is 2.67. The molecule has 0 spiro atoms. The summed E-state index contributed by atoms with van der Waals surface area (Å²) in [6, 6.07) is 5.95. The average molecular weight is 301 g/mol. The van der Waals surface area contributed by atoms with Gasteiger partial charge in [0.1, 0.15) is 5.82 Å². The van der Waals surface area contributed by atoms with Gasteiger partial charge >= 0.3 is 0 Å². The number of anilines is 1. The molecule has 2 aromatic heterocycles. The van der Waals surface area contributed by atoms with Gasteiger partial charge in [0.15, 0.2) is 0 Å². The number of nitrogens with one attached hydrogen (secondary N) is 1. The highest BCUT2D eigenvalue weighted by molar-refractivity contribution is 7.14. The third-order valence-electron chi connectivity index (χ3n) is 3.70. The number of fused-ring (bicyclic) bond motifs is 1. The third kappa shape index (κ3) is 2.93. The Hall–Kier alpha value is -1.88. The molecule has 2 aromatic rings. The summed E-state index contributed by atoms with van der Waals surface area (Å²) in [4.78, 5) is 20.8. The summed E-state index contributed by atoms with van der Waals surface area (Å²) >= 11 is 1.64. The maximum absolute atomic E-state index is 12.3. The number of pyridine rings is 1. The van der Waals surface area contributed by atoms with Gasteiger partial charge in [-0.1, -0.05) is 6.07 Å². The van der Waals surface area contributed by atoms with Crippen molar-refractivity contribution in [2.75, 3.05) is 19.0 Å². The van der Waals surface area contributed by atoms with E-state index in [4.69, 9.17) is 0 Å². The van der Waals surface area contributed by atoms with Gasteiger partial charge in [-0.3, -0.25) is 4.79 Å². The lowest BCUT2D eigenvalue weighted by molar-refractivity contribution is 0.0955. The maximum atomic E-state index is 12.3. The highest BCUT2D eigenvalue weighted by atomic mass is 32.1. The minimum atomic E-state index is 0.0166. The lowest BCUT2D eigenvalue weighted by atomic mass is 10.2. The van der Waals surface area contributed by atoms with Crippen molar-refractivity contribution in [2.24, 2.45) is 0 Å².